The molecule has 0 bridgehead atoms. The summed E-state index contributed by atoms with van der Waals surface area (Å²) >= 11 is 7.85. The van der Waals surface area contributed by atoms with E-state index >= 15 is 0 Å². The molecule has 0 aliphatic heterocycles. The summed E-state index contributed by atoms with van der Waals surface area (Å²) in [7, 11) is 0. The standard InChI is InChI=1S/C15H15ClN4S/c1-3-17-15-19-13(10-6-7-21-14(10)20-15)18-12-8-9(2)4-5-11(12)16/h4-8H,3H2,1-2H3,(H2,17,18,19,20). The van der Waals surface area contributed by atoms with Crippen molar-refractivity contribution in [2.24, 2.45) is 0 Å². The van der Waals surface area contributed by atoms with Crippen molar-refractivity contribution in [3.05, 3.63) is 40.2 Å². The SMILES string of the molecule is CCNc1nc(Nc2cc(C)ccc2Cl)c2ccsc2n1. The van der Waals surface area contributed by atoms with Crippen LogP contribution in [0.4, 0.5) is 17.5 Å². The van der Waals surface area contributed by atoms with E-state index in [9.17, 15) is 0 Å². The molecular weight excluding hydrogens is 304 g/mol. The summed E-state index contributed by atoms with van der Waals surface area (Å²) in [4.78, 5) is 9.99. The highest BCUT2D eigenvalue weighted by atomic mass is 35.5. The van der Waals surface area contributed by atoms with Crippen molar-refractivity contribution in [3.8, 4) is 0 Å². The van der Waals surface area contributed by atoms with Crippen molar-refractivity contribution < 1.29 is 0 Å². The van der Waals surface area contributed by atoms with Gasteiger partial charge in [-0.1, -0.05) is 17.7 Å². The van der Waals surface area contributed by atoms with E-state index in [0.29, 0.717) is 11.0 Å². The van der Waals surface area contributed by atoms with Crippen LogP contribution in [-0.2, 0) is 0 Å². The lowest BCUT2D eigenvalue weighted by atomic mass is 10.2. The molecule has 0 aliphatic carbocycles. The minimum Gasteiger partial charge on any atom is -0.354 e. The molecule has 0 aliphatic rings. The number of hydrogen-bond acceptors (Lipinski definition) is 5. The van der Waals surface area contributed by atoms with Crippen LogP contribution in [-0.4, -0.2) is 16.5 Å². The number of anilines is 3. The van der Waals surface area contributed by atoms with Gasteiger partial charge in [-0.25, -0.2) is 4.98 Å². The molecule has 4 nitrogen and oxygen atoms in total. The van der Waals surface area contributed by atoms with Crippen LogP contribution >= 0.6 is 22.9 Å². The van der Waals surface area contributed by atoms with Crippen LogP contribution < -0.4 is 10.6 Å². The maximum absolute atomic E-state index is 6.25. The van der Waals surface area contributed by atoms with E-state index in [4.69, 9.17) is 11.6 Å². The molecule has 2 heterocycles. The van der Waals surface area contributed by atoms with E-state index in [-0.39, 0.29) is 0 Å². The highest BCUT2D eigenvalue weighted by Crippen LogP contribution is 2.31. The van der Waals surface area contributed by atoms with E-state index < -0.39 is 0 Å². The molecule has 108 valence electrons. The quantitative estimate of drug-likeness (QED) is 0.723. The van der Waals surface area contributed by atoms with Crippen molar-refractivity contribution >= 4 is 50.6 Å². The first-order valence-corrected chi connectivity index (χ1v) is 7.95. The van der Waals surface area contributed by atoms with E-state index in [1.807, 2.05) is 43.5 Å². The molecule has 2 aromatic heterocycles. The lowest BCUT2D eigenvalue weighted by Gasteiger charge is -2.11. The van der Waals surface area contributed by atoms with Crippen LogP contribution in [0.15, 0.2) is 29.6 Å². The molecule has 1 aromatic carbocycles. The molecular formula is C15H15ClN4S. The van der Waals surface area contributed by atoms with Gasteiger partial charge in [0.2, 0.25) is 5.95 Å². The van der Waals surface area contributed by atoms with Crippen molar-refractivity contribution in [3.63, 3.8) is 0 Å². The zero-order chi connectivity index (χ0) is 14.8. The first-order valence-electron chi connectivity index (χ1n) is 6.69. The van der Waals surface area contributed by atoms with Gasteiger partial charge in [-0.05, 0) is 43.0 Å². The Labute approximate surface area is 132 Å². The predicted molar refractivity (Wildman–Crippen MR) is 91.1 cm³/mol. The molecule has 0 saturated heterocycles. The van der Waals surface area contributed by atoms with Crippen LogP contribution in [0.1, 0.15) is 12.5 Å². The van der Waals surface area contributed by atoms with Gasteiger partial charge in [0, 0.05) is 6.54 Å². The Morgan fingerprint density at radius 3 is 2.90 bits per heavy atom. The Kier molecular flexibility index (Phi) is 3.94. The first-order chi connectivity index (χ1) is 10.2. The molecule has 0 amide bonds. The zero-order valence-electron chi connectivity index (χ0n) is 11.8. The number of nitrogens with one attached hydrogen (secondary N) is 2. The number of halogens is 1. The fourth-order valence-corrected chi connectivity index (χ4v) is 2.98. The lowest BCUT2D eigenvalue weighted by Crippen LogP contribution is -2.04. The number of nitrogens with zero attached hydrogens (tertiary/aromatic N) is 2. The fourth-order valence-electron chi connectivity index (χ4n) is 2.05. The number of benzene rings is 1. The van der Waals surface area contributed by atoms with Crippen molar-refractivity contribution in [1.82, 2.24) is 9.97 Å². The molecule has 3 rings (SSSR count). The minimum absolute atomic E-state index is 0.624. The Balaban J connectivity index is 2.06. The highest BCUT2D eigenvalue weighted by Gasteiger charge is 2.10. The number of aryl methyl sites for hydroxylation is 1. The van der Waals surface area contributed by atoms with Gasteiger partial charge < -0.3 is 10.6 Å². The second kappa shape index (κ2) is 5.87. The van der Waals surface area contributed by atoms with Crippen LogP contribution in [0.5, 0.6) is 0 Å². The summed E-state index contributed by atoms with van der Waals surface area (Å²) in [6, 6.07) is 7.89. The average Bonchev–Trinajstić information content (AvgIpc) is 2.92. The van der Waals surface area contributed by atoms with Gasteiger partial charge in [0.1, 0.15) is 10.6 Å². The maximum Gasteiger partial charge on any atom is 0.226 e. The molecule has 0 spiro atoms. The number of aromatic nitrogens is 2. The Bertz CT molecular complexity index is 784. The van der Waals surface area contributed by atoms with Crippen molar-refractivity contribution in [1.29, 1.82) is 0 Å². The topological polar surface area (TPSA) is 49.8 Å². The van der Waals surface area contributed by atoms with Crippen LogP contribution in [0.2, 0.25) is 5.02 Å². The molecule has 0 fully saturated rings. The molecule has 0 radical (unpaired) electrons. The third kappa shape index (κ3) is 2.94. The molecule has 0 saturated carbocycles. The van der Waals surface area contributed by atoms with Crippen LogP contribution in [0, 0.1) is 6.92 Å². The number of rotatable bonds is 4. The van der Waals surface area contributed by atoms with Crippen molar-refractivity contribution in [2.45, 2.75) is 13.8 Å². The number of hydrogen-bond donors (Lipinski definition) is 2. The van der Waals surface area contributed by atoms with Crippen molar-refractivity contribution in [2.75, 3.05) is 17.2 Å². The monoisotopic (exact) mass is 318 g/mol. The smallest absolute Gasteiger partial charge is 0.226 e. The van der Waals surface area contributed by atoms with E-state index in [1.165, 1.54) is 0 Å². The Hall–Kier alpha value is -1.85. The maximum atomic E-state index is 6.25. The predicted octanol–water partition coefficient (Wildman–Crippen LogP) is 4.83. The average molecular weight is 319 g/mol. The Morgan fingerprint density at radius 1 is 1.24 bits per heavy atom. The van der Waals surface area contributed by atoms with Gasteiger partial charge in [-0.3, -0.25) is 0 Å². The van der Waals surface area contributed by atoms with E-state index in [0.717, 1.165) is 33.8 Å². The van der Waals surface area contributed by atoms with Gasteiger partial charge in [-0.15, -0.1) is 11.3 Å². The molecule has 2 N–H and O–H groups in total. The second-order valence-corrected chi connectivity index (χ2v) is 5.98. The molecule has 21 heavy (non-hydrogen) atoms. The largest absolute Gasteiger partial charge is 0.354 e. The van der Waals surface area contributed by atoms with Crippen LogP contribution in [0.25, 0.3) is 10.2 Å². The van der Waals surface area contributed by atoms with Gasteiger partial charge in [0.05, 0.1) is 16.1 Å². The summed E-state index contributed by atoms with van der Waals surface area (Å²) < 4.78 is 0. The third-order valence-corrected chi connectivity index (χ3v) is 4.17. The van der Waals surface area contributed by atoms with Gasteiger partial charge in [0.15, 0.2) is 0 Å². The van der Waals surface area contributed by atoms with Gasteiger partial charge >= 0.3 is 0 Å². The summed E-state index contributed by atoms with van der Waals surface area (Å²) in [5.74, 6) is 1.39. The summed E-state index contributed by atoms with van der Waals surface area (Å²) in [6.45, 7) is 4.83. The minimum atomic E-state index is 0.624. The van der Waals surface area contributed by atoms with Gasteiger partial charge in [0.25, 0.3) is 0 Å². The van der Waals surface area contributed by atoms with Gasteiger partial charge in [-0.2, -0.15) is 4.98 Å². The van der Waals surface area contributed by atoms with E-state index in [2.05, 4.69) is 20.6 Å². The summed E-state index contributed by atoms with van der Waals surface area (Å²) in [5.41, 5.74) is 2.00. The van der Waals surface area contributed by atoms with E-state index in [1.54, 1.807) is 11.3 Å². The molecule has 0 atom stereocenters. The summed E-state index contributed by atoms with van der Waals surface area (Å²) in [5, 5.41) is 10.2. The van der Waals surface area contributed by atoms with Crippen LogP contribution in [0.3, 0.4) is 0 Å². The lowest BCUT2D eigenvalue weighted by molar-refractivity contribution is 1.11. The molecule has 0 unspecified atom stereocenters. The first kappa shape index (κ1) is 14.1. The molecule has 6 heteroatoms. The number of fused-ring (bicyclic) bond motifs is 1. The normalized spacial score (nSPS) is 10.8. The second-order valence-electron chi connectivity index (χ2n) is 4.67. The fraction of sp³-hybridized carbons (Fsp3) is 0.200. The highest BCUT2D eigenvalue weighted by molar-refractivity contribution is 7.16. The zero-order valence-corrected chi connectivity index (χ0v) is 13.3. The summed E-state index contributed by atoms with van der Waals surface area (Å²) in [6.07, 6.45) is 0. The molecule has 3 aromatic rings. The Morgan fingerprint density at radius 2 is 2.10 bits per heavy atom. The number of thiophene rings is 1. The third-order valence-electron chi connectivity index (χ3n) is 3.03.